The molecule has 0 radical (unpaired) electrons. The van der Waals surface area contributed by atoms with E-state index in [0.29, 0.717) is 3.53 Å². The molecule has 0 aromatic heterocycles. The maximum atomic E-state index is 10.8. The van der Waals surface area contributed by atoms with Crippen LogP contribution >= 0.6 is 35.7 Å². The standard InChI is InChI=1S/C9H14O4S3.C3H6O/c1-8(2,5(10)11)15-7(14)16-9(3,4)6(12)13;1-3(2)4/h1-4H3,(H,10,11)(H,12,13);1-2H3/p+1. The lowest BCUT2D eigenvalue weighted by Crippen LogP contribution is -2.31. The molecule has 0 aliphatic rings. The van der Waals surface area contributed by atoms with Gasteiger partial charge in [-0.1, -0.05) is 35.7 Å². The fourth-order valence-electron chi connectivity index (χ4n) is 0.525. The summed E-state index contributed by atoms with van der Waals surface area (Å²) in [6.45, 7) is 9.17. The first-order valence-electron chi connectivity index (χ1n) is 5.58. The Morgan fingerprint density at radius 2 is 1.10 bits per heavy atom. The molecule has 20 heavy (non-hydrogen) atoms. The third-order valence-electron chi connectivity index (χ3n) is 1.71. The molecule has 0 saturated heterocycles. The van der Waals surface area contributed by atoms with Crippen LogP contribution in [0.1, 0.15) is 43.0 Å². The number of aliphatic carboxylic acids is 2. The Labute approximate surface area is 134 Å². The fourth-order valence-corrected chi connectivity index (χ4v) is 4.20. The van der Waals surface area contributed by atoms with Crippen molar-refractivity contribution in [1.29, 1.82) is 0 Å². The van der Waals surface area contributed by atoms with Crippen molar-refractivity contribution in [2.45, 2.75) is 51.0 Å². The van der Waals surface area contributed by atoms with Gasteiger partial charge in [0.15, 0.2) is 0 Å². The van der Waals surface area contributed by atoms with Crippen LogP contribution in [0.5, 0.6) is 0 Å². The van der Waals surface area contributed by atoms with Gasteiger partial charge < -0.3 is 15.0 Å². The van der Waals surface area contributed by atoms with Gasteiger partial charge in [0, 0.05) is 0 Å². The number of carbonyl (C=O) groups is 3. The molecule has 0 saturated carbocycles. The SMILES string of the molecule is CC(C)(SC(=S)SC(C)(C)C(=O)O)C(=O)O.CC(C)=O.[H+]. The Balaban J connectivity index is -0.000000572. The molecule has 0 aromatic rings. The highest BCUT2D eigenvalue weighted by molar-refractivity contribution is 8.48. The zero-order valence-electron chi connectivity index (χ0n) is 13.3. The van der Waals surface area contributed by atoms with E-state index in [1.807, 2.05) is 0 Å². The number of carboxylic acids is 2. The molecule has 0 atom stereocenters. The van der Waals surface area contributed by atoms with Gasteiger partial charge in [-0.05, 0) is 41.5 Å². The van der Waals surface area contributed by atoms with Crippen LogP contribution in [0.3, 0.4) is 0 Å². The van der Waals surface area contributed by atoms with Gasteiger partial charge in [-0.2, -0.15) is 0 Å². The summed E-state index contributed by atoms with van der Waals surface area (Å²) in [4.78, 5) is 31.1. The van der Waals surface area contributed by atoms with Gasteiger partial charge in [-0.25, -0.2) is 0 Å². The normalized spacial score (nSPS) is 11.1. The Bertz CT molecular complexity index is 374. The van der Waals surface area contributed by atoms with E-state index in [1.165, 1.54) is 41.5 Å². The predicted octanol–water partition coefficient (Wildman–Crippen LogP) is 3.17. The molecule has 0 aromatic carbocycles. The van der Waals surface area contributed by atoms with Crippen molar-refractivity contribution in [3.8, 4) is 0 Å². The van der Waals surface area contributed by atoms with Crippen molar-refractivity contribution in [3.05, 3.63) is 0 Å². The Morgan fingerprint density at radius 3 is 1.25 bits per heavy atom. The smallest absolute Gasteiger partial charge is 0.480 e. The Kier molecular flexibility index (Phi) is 9.37. The van der Waals surface area contributed by atoms with E-state index in [4.69, 9.17) is 22.4 Å². The molecular weight excluding hydrogens is 320 g/mol. The van der Waals surface area contributed by atoms with Gasteiger partial charge in [0.25, 0.3) is 0 Å². The molecule has 0 fully saturated rings. The number of rotatable bonds is 4. The lowest BCUT2D eigenvalue weighted by Gasteiger charge is -2.22. The van der Waals surface area contributed by atoms with Crippen molar-refractivity contribution in [2.75, 3.05) is 0 Å². The maximum absolute atomic E-state index is 10.8. The Morgan fingerprint density at radius 1 is 0.900 bits per heavy atom. The zero-order valence-corrected chi connectivity index (χ0v) is 14.8. The number of thioether (sulfide) groups is 2. The number of thiocarbonyl (C=S) groups is 1. The van der Waals surface area contributed by atoms with Gasteiger partial charge in [0.05, 0.1) is 0 Å². The van der Waals surface area contributed by atoms with Crippen molar-refractivity contribution in [3.63, 3.8) is 0 Å². The summed E-state index contributed by atoms with van der Waals surface area (Å²) >= 11 is 6.96. The van der Waals surface area contributed by atoms with Crippen LogP contribution in [-0.4, -0.2) is 41.0 Å². The van der Waals surface area contributed by atoms with E-state index < -0.39 is 21.4 Å². The minimum Gasteiger partial charge on any atom is -0.480 e. The highest BCUT2D eigenvalue weighted by Gasteiger charge is 2.34. The average molecular weight is 341 g/mol. The topological polar surface area (TPSA) is 91.7 Å². The monoisotopic (exact) mass is 341 g/mol. The first-order valence-corrected chi connectivity index (χ1v) is 7.62. The lowest BCUT2D eigenvalue weighted by molar-refractivity contribution is -0.139. The van der Waals surface area contributed by atoms with Crippen LogP contribution in [0, 0.1) is 0 Å². The van der Waals surface area contributed by atoms with Crippen LogP contribution in [0.25, 0.3) is 0 Å². The van der Waals surface area contributed by atoms with Crippen LogP contribution in [-0.2, 0) is 14.4 Å². The number of hydrogen-bond acceptors (Lipinski definition) is 6. The summed E-state index contributed by atoms with van der Waals surface area (Å²) in [7, 11) is 0. The van der Waals surface area contributed by atoms with E-state index in [2.05, 4.69) is 0 Å². The van der Waals surface area contributed by atoms with E-state index in [9.17, 15) is 14.4 Å². The molecule has 0 rings (SSSR count). The Hall–Kier alpha value is -0.600. The molecule has 2 N–H and O–H groups in total. The van der Waals surface area contributed by atoms with Crippen LogP contribution in [0.2, 0.25) is 0 Å². The molecule has 0 aliphatic heterocycles. The second kappa shape index (κ2) is 8.63. The number of carbonyl (C=O) groups excluding carboxylic acids is 1. The molecule has 0 heterocycles. The summed E-state index contributed by atoms with van der Waals surface area (Å²) in [5.74, 6) is -1.79. The predicted molar refractivity (Wildman–Crippen MR) is 88.7 cm³/mol. The van der Waals surface area contributed by atoms with Crippen LogP contribution in [0.4, 0.5) is 0 Å². The third kappa shape index (κ3) is 10.2. The average Bonchev–Trinajstić information content (AvgIpc) is 2.13. The van der Waals surface area contributed by atoms with E-state index >= 15 is 0 Å². The lowest BCUT2D eigenvalue weighted by atomic mass is 10.2. The minimum atomic E-state index is -1.04. The summed E-state index contributed by atoms with van der Waals surface area (Å²) in [5.41, 5.74) is 0. The van der Waals surface area contributed by atoms with Gasteiger partial charge >= 0.3 is 13.4 Å². The van der Waals surface area contributed by atoms with Crippen LogP contribution < -0.4 is 0 Å². The summed E-state index contributed by atoms with van der Waals surface area (Å²) in [5, 5.41) is 17.8. The zero-order chi connectivity index (χ0) is 16.7. The van der Waals surface area contributed by atoms with Gasteiger partial charge in [0.2, 0.25) is 0 Å². The third-order valence-corrected chi connectivity index (χ3v) is 4.41. The molecule has 0 spiro atoms. The van der Waals surface area contributed by atoms with Gasteiger partial charge in [-0.3, -0.25) is 9.59 Å². The molecule has 0 amide bonds. The van der Waals surface area contributed by atoms with E-state index in [0.717, 1.165) is 23.5 Å². The number of ketones is 1. The molecule has 0 unspecified atom stereocenters. The van der Waals surface area contributed by atoms with Crippen molar-refractivity contribution in [1.82, 2.24) is 0 Å². The minimum absolute atomic E-state index is 0. The molecular formula is C12H21O5S3+. The van der Waals surface area contributed by atoms with Crippen molar-refractivity contribution in [2.24, 2.45) is 0 Å². The van der Waals surface area contributed by atoms with E-state index in [-0.39, 0.29) is 7.21 Å². The maximum Gasteiger partial charge on any atom is 1.00 e. The van der Waals surface area contributed by atoms with Crippen molar-refractivity contribution < 1.29 is 26.0 Å². The number of Topliss-reactive ketones (excluding diaryl/α,β-unsaturated/α-hetero) is 1. The second-order valence-electron chi connectivity index (χ2n) is 4.99. The molecule has 5 nitrogen and oxygen atoms in total. The second-order valence-corrected chi connectivity index (χ2v) is 9.44. The summed E-state index contributed by atoms with van der Waals surface area (Å²) in [6, 6.07) is 0. The fraction of sp³-hybridized carbons (Fsp3) is 0.667. The molecule has 0 aliphatic carbocycles. The van der Waals surface area contributed by atoms with Crippen LogP contribution in [0.15, 0.2) is 0 Å². The molecule has 8 heteroatoms. The number of carboxylic acid groups (broad SMARTS) is 2. The van der Waals surface area contributed by atoms with E-state index in [1.54, 1.807) is 0 Å². The number of hydrogen-bond donors (Lipinski definition) is 2. The van der Waals surface area contributed by atoms with Gasteiger partial charge in [-0.15, -0.1) is 0 Å². The summed E-state index contributed by atoms with van der Waals surface area (Å²) < 4.78 is -1.77. The first-order chi connectivity index (χ1) is 8.72. The quantitative estimate of drug-likeness (QED) is 0.753. The highest BCUT2D eigenvalue weighted by atomic mass is 32.2. The van der Waals surface area contributed by atoms with Gasteiger partial charge in [0.1, 0.15) is 18.8 Å². The largest absolute Gasteiger partial charge is 1.00 e. The summed E-state index contributed by atoms with van der Waals surface area (Å²) in [6.07, 6.45) is 0. The molecule has 116 valence electrons. The highest BCUT2D eigenvalue weighted by Crippen LogP contribution is 2.36. The van der Waals surface area contributed by atoms with Crippen molar-refractivity contribution >= 4 is 57.0 Å². The first kappa shape index (κ1) is 21.7. The molecule has 0 bridgehead atoms.